The highest BCUT2D eigenvalue weighted by molar-refractivity contribution is 5.94. The molecule has 1 aromatic carbocycles. The fraction of sp³-hybridized carbons (Fsp3) is 0.556. The van der Waals surface area contributed by atoms with Gasteiger partial charge in [0.05, 0.1) is 0 Å². The normalized spacial score (nSPS) is 15.2. The smallest absolute Gasteiger partial charge is 0.251 e. The van der Waals surface area contributed by atoms with E-state index in [-0.39, 0.29) is 17.4 Å². The summed E-state index contributed by atoms with van der Waals surface area (Å²) >= 11 is 0. The van der Waals surface area contributed by atoms with E-state index in [1.54, 1.807) is 6.07 Å². The van der Waals surface area contributed by atoms with Crippen molar-refractivity contribution in [3.05, 3.63) is 35.6 Å². The standard InChI is InChI=1S/C18H25FN2O2/c19-16-8-4-7-15(13-16)18(23)21-12-11-20-17(22)10-9-14-5-2-1-3-6-14/h4,7-8,13-14H,1-3,5-6,9-12H2,(H,20,22)(H,21,23). The first kappa shape index (κ1) is 17.4. The maximum Gasteiger partial charge on any atom is 0.251 e. The fourth-order valence-electron chi connectivity index (χ4n) is 3.01. The van der Waals surface area contributed by atoms with Crippen molar-refractivity contribution in [2.45, 2.75) is 44.9 Å². The minimum atomic E-state index is -0.436. The van der Waals surface area contributed by atoms with Gasteiger partial charge in [0.25, 0.3) is 5.91 Å². The highest BCUT2D eigenvalue weighted by Gasteiger charge is 2.14. The summed E-state index contributed by atoms with van der Waals surface area (Å²) in [6, 6.07) is 5.54. The molecule has 2 N–H and O–H groups in total. The number of hydrogen-bond acceptors (Lipinski definition) is 2. The first-order valence-corrected chi connectivity index (χ1v) is 8.45. The van der Waals surface area contributed by atoms with Crippen molar-refractivity contribution >= 4 is 11.8 Å². The second kappa shape index (κ2) is 9.28. The average Bonchev–Trinajstić information content (AvgIpc) is 2.57. The number of nitrogens with one attached hydrogen (secondary N) is 2. The highest BCUT2D eigenvalue weighted by Crippen LogP contribution is 2.27. The van der Waals surface area contributed by atoms with E-state index in [9.17, 15) is 14.0 Å². The van der Waals surface area contributed by atoms with E-state index in [1.165, 1.54) is 50.3 Å². The van der Waals surface area contributed by atoms with Crippen molar-refractivity contribution in [1.29, 1.82) is 0 Å². The van der Waals surface area contributed by atoms with E-state index in [2.05, 4.69) is 10.6 Å². The van der Waals surface area contributed by atoms with Crippen LogP contribution in [0.25, 0.3) is 0 Å². The molecule has 0 aliphatic heterocycles. The Balaban J connectivity index is 1.57. The lowest BCUT2D eigenvalue weighted by atomic mass is 9.86. The Labute approximate surface area is 136 Å². The van der Waals surface area contributed by atoms with Crippen molar-refractivity contribution in [3.63, 3.8) is 0 Å². The van der Waals surface area contributed by atoms with E-state index in [0.29, 0.717) is 25.4 Å². The summed E-state index contributed by atoms with van der Waals surface area (Å²) in [5, 5.41) is 5.48. The summed E-state index contributed by atoms with van der Waals surface area (Å²) in [5.74, 6) is -0.0348. The molecule has 1 aromatic rings. The Bertz CT molecular complexity index is 528. The van der Waals surface area contributed by atoms with E-state index >= 15 is 0 Å². The number of halogens is 1. The van der Waals surface area contributed by atoms with Crippen LogP contribution in [0.2, 0.25) is 0 Å². The third-order valence-electron chi connectivity index (χ3n) is 4.32. The van der Waals surface area contributed by atoms with E-state index in [0.717, 1.165) is 6.42 Å². The molecular formula is C18H25FN2O2. The largest absolute Gasteiger partial charge is 0.354 e. The number of hydrogen-bond donors (Lipinski definition) is 2. The molecule has 0 aromatic heterocycles. The molecule has 0 heterocycles. The van der Waals surface area contributed by atoms with Crippen LogP contribution in [0.1, 0.15) is 55.3 Å². The predicted octanol–water partition coefficient (Wildman–Crippen LogP) is 3.03. The van der Waals surface area contributed by atoms with Crippen LogP contribution in [-0.4, -0.2) is 24.9 Å². The Kier molecular flexibility index (Phi) is 7.04. The van der Waals surface area contributed by atoms with Gasteiger partial charge in [-0.3, -0.25) is 9.59 Å². The predicted molar refractivity (Wildman–Crippen MR) is 87.6 cm³/mol. The van der Waals surface area contributed by atoms with Crippen LogP contribution in [0.5, 0.6) is 0 Å². The summed E-state index contributed by atoms with van der Waals surface area (Å²) in [7, 11) is 0. The van der Waals surface area contributed by atoms with Gasteiger partial charge in [-0.25, -0.2) is 4.39 Å². The quantitative estimate of drug-likeness (QED) is 0.759. The van der Waals surface area contributed by atoms with Crippen molar-refractivity contribution in [2.75, 3.05) is 13.1 Å². The number of rotatable bonds is 7. The van der Waals surface area contributed by atoms with Crippen LogP contribution in [-0.2, 0) is 4.79 Å². The zero-order valence-electron chi connectivity index (χ0n) is 13.4. The minimum absolute atomic E-state index is 0.0376. The van der Waals surface area contributed by atoms with Crippen molar-refractivity contribution in [1.82, 2.24) is 10.6 Å². The van der Waals surface area contributed by atoms with Crippen LogP contribution in [0.15, 0.2) is 24.3 Å². The summed E-state index contributed by atoms with van der Waals surface area (Å²) < 4.78 is 13.0. The summed E-state index contributed by atoms with van der Waals surface area (Å²) in [6.07, 6.45) is 7.92. The van der Waals surface area contributed by atoms with Crippen LogP contribution >= 0.6 is 0 Å². The zero-order valence-corrected chi connectivity index (χ0v) is 13.4. The number of carbonyl (C=O) groups excluding carboxylic acids is 2. The maximum absolute atomic E-state index is 13.0. The molecule has 23 heavy (non-hydrogen) atoms. The molecule has 5 heteroatoms. The molecule has 0 spiro atoms. The third-order valence-corrected chi connectivity index (χ3v) is 4.32. The molecule has 1 fully saturated rings. The first-order valence-electron chi connectivity index (χ1n) is 8.45. The SMILES string of the molecule is O=C(CCC1CCCCC1)NCCNC(=O)c1cccc(F)c1. The second-order valence-corrected chi connectivity index (χ2v) is 6.16. The van der Waals surface area contributed by atoms with E-state index in [4.69, 9.17) is 0 Å². The van der Waals surface area contributed by atoms with Gasteiger partial charge in [0, 0.05) is 25.1 Å². The van der Waals surface area contributed by atoms with Gasteiger partial charge in [-0.15, -0.1) is 0 Å². The summed E-state index contributed by atoms with van der Waals surface area (Å²) in [5.41, 5.74) is 0.286. The summed E-state index contributed by atoms with van der Waals surface area (Å²) in [4.78, 5) is 23.6. The van der Waals surface area contributed by atoms with Gasteiger partial charge >= 0.3 is 0 Å². The van der Waals surface area contributed by atoms with Gasteiger partial charge in [-0.05, 0) is 30.5 Å². The number of benzene rings is 1. The van der Waals surface area contributed by atoms with Gasteiger partial charge < -0.3 is 10.6 Å². The van der Waals surface area contributed by atoms with Gasteiger partial charge in [0.15, 0.2) is 0 Å². The average molecular weight is 320 g/mol. The molecule has 1 aliphatic rings. The Morgan fingerprint density at radius 3 is 2.57 bits per heavy atom. The fourth-order valence-corrected chi connectivity index (χ4v) is 3.01. The molecule has 0 atom stereocenters. The van der Waals surface area contributed by atoms with Crippen molar-refractivity contribution in [3.8, 4) is 0 Å². The Morgan fingerprint density at radius 1 is 1.09 bits per heavy atom. The van der Waals surface area contributed by atoms with Gasteiger partial charge in [0.1, 0.15) is 5.82 Å². The third kappa shape index (κ3) is 6.38. The van der Waals surface area contributed by atoms with Crippen LogP contribution in [0.4, 0.5) is 4.39 Å². The second-order valence-electron chi connectivity index (χ2n) is 6.16. The molecule has 126 valence electrons. The van der Waals surface area contributed by atoms with Crippen LogP contribution in [0.3, 0.4) is 0 Å². The van der Waals surface area contributed by atoms with Crippen molar-refractivity contribution < 1.29 is 14.0 Å². The highest BCUT2D eigenvalue weighted by atomic mass is 19.1. The first-order chi connectivity index (χ1) is 11.1. The molecule has 1 aliphatic carbocycles. The Hall–Kier alpha value is -1.91. The molecule has 0 radical (unpaired) electrons. The lowest BCUT2D eigenvalue weighted by Crippen LogP contribution is -2.34. The molecule has 1 saturated carbocycles. The number of carbonyl (C=O) groups is 2. The molecule has 0 bridgehead atoms. The van der Waals surface area contributed by atoms with Gasteiger partial charge in [-0.1, -0.05) is 38.2 Å². The molecule has 2 amide bonds. The Morgan fingerprint density at radius 2 is 1.83 bits per heavy atom. The van der Waals surface area contributed by atoms with E-state index < -0.39 is 5.82 Å². The van der Waals surface area contributed by atoms with E-state index in [1.807, 2.05) is 0 Å². The minimum Gasteiger partial charge on any atom is -0.354 e. The lowest BCUT2D eigenvalue weighted by molar-refractivity contribution is -0.121. The molecule has 4 nitrogen and oxygen atoms in total. The number of amides is 2. The molecular weight excluding hydrogens is 295 g/mol. The monoisotopic (exact) mass is 320 g/mol. The topological polar surface area (TPSA) is 58.2 Å². The molecule has 2 rings (SSSR count). The van der Waals surface area contributed by atoms with Gasteiger partial charge in [-0.2, -0.15) is 0 Å². The maximum atomic E-state index is 13.0. The van der Waals surface area contributed by atoms with Crippen LogP contribution < -0.4 is 10.6 Å². The molecule has 0 unspecified atom stereocenters. The molecule has 0 saturated heterocycles. The lowest BCUT2D eigenvalue weighted by Gasteiger charge is -2.20. The van der Waals surface area contributed by atoms with Crippen LogP contribution in [0, 0.1) is 11.7 Å². The van der Waals surface area contributed by atoms with Crippen molar-refractivity contribution in [2.24, 2.45) is 5.92 Å². The summed E-state index contributed by atoms with van der Waals surface area (Å²) in [6.45, 7) is 0.731. The zero-order chi connectivity index (χ0) is 16.5. The van der Waals surface area contributed by atoms with Gasteiger partial charge in [0.2, 0.25) is 5.91 Å².